The van der Waals surface area contributed by atoms with Crippen molar-refractivity contribution in [2.45, 2.75) is 119 Å². The molecule has 0 radical (unpaired) electrons. The first-order valence-electron chi connectivity index (χ1n) is 16.5. The number of hydrogen-bond donors (Lipinski definition) is 0. The minimum atomic E-state index is -0.903. The summed E-state index contributed by atoms with van der Waals surface area (Å²) in [6, 6.07) is 24.4. The van der Waals surface area contributed by atoms with E-state index in [0.717, 1.165) is 23.3 Å². The minimum absolute atomic E-state index is 0.113. The first-order valence-corrected chi connectivity index (χ1v) is 16.5. The van der Waals surface area contributed by atoms with Crippen molar-refractivity contribution in [2.24, 2.45) is 0 Å². The van der Waals surface area contributed by atoms with E-state index in [2.05, 4.69) is 104 Å². The smallest absolute Gasteiger partial charge is 0.136 e. The molecule has 4 rings (SSSR count). The van der Waals surface area contributed by atoms with Crippen LogP contribution in [0, 0.1) is 17.5 Å². The van der Waals surface area contributed by atoms with E-state index >= 15 is 0 Å². The van der Waals surface area contributed by atoms with Gasteiger partial charge in [0.05, 0.1) is 5.56 Å². The van der Waals surface area contributed by atoms with Crippen LogP contribution in [0.25, 0.3) is 11.1 Å². The van der Waals surface area contributed by atoms with Crippen molar-refractivity contribution >= 4 is 0 Å². The number of halogens is 3. The predicted molar refractivity (Wildman–Crippen MR) is 189 cm³/mol. The second-order valence-corrected chi connectivity index (χ2v) is 13.7. The Labute approximate surface area is 272 Å². The number of benzene rings is 4. The van der Waals surface area contributed by atoms with Crippen LogP contribution in [0.2, 0.25) is 0 Å². The zero-order chi connectivity index (χ0) is 34.0. The van der Waals surface area contributed by atoms with Gasteiger partial charge in [0.1, 0.15) is 17.5 Å². The Hall–Kier alpha value is -3.33. The van der Waals surface area contributed by atoms with Crippen molar-refractivity contribution in [3.8, 4) is 11.1 Å². The molecule has 0 aliphatic carbocycles. The van der Waals surface area contributed by atoms with Crippen LogP contribution in [0.4, 0.5) is 13.2 Å². The summed E-state index contributed by atoms with van der Waals surface area (Å²) in [6.07, 6.45) is 0. The standard InChI is InChI=1S/C18H19F3.2C12H18/c1-10(2)13-6-5-7-14(17(13)11(3)4)18-15(20)8-12(19)9-16(18)21;2*1-9(2)11-7-5-6-8-12(11)10(3)4/h5-11H,1-4H3;2*5-10H,1-4H3. The van der Waals surface area contributed by atoms with Crippen LogP contribution in [0.15, 0.2) is 78.9 Å². The Kier molecular flexibility index (Phi) is 14.6. The molecular formula is C42H55F3. The van der Waals surface area contributed by atoms with E-state index in [9.17, 15) is 13.2 Å². The second-order valence-electron chi connectivity index (χ2n) is 13.7. The number of hydrogen-bond acceptors (Lipinski definition) is 0. The highest BCUT2D eigenvalue weighted by atomic mass is 19.1. The molecular weight excluding hydrogens is 561 g/mol. The molecule has 0 N–H and O–H groups in total. The van der Waals surface area contributed by atoms with E-state index in [1.807, 2.05) is 33.8 Å². The average molecular weight is 617 g/mol. The molecule has 0 unspecified atom stereocenters. The third-order valence-corrected chi connectivity index (χ3v) is 8.10. The third kappa shape index (κ3) is 10.3. The quantitative estimate of drug-likeness (QED) is 0.194. The van der Waals surface area contributed by atoms with E-state index in [4.69, 9.17) is 0 Å². The van der Waals surface area contributed by atoms with E-state index in [0.29, 0.717) is 29.2 Å². The molecule has 0 spiro atoms. The third-order valence-electron chi connectivity index (χ3n) is 8.10. The molecule has 0 aliphatic heterocycles. The van der Waals surface area contributed by atoms with Crippen LogP contribution >= 0.6 is 0 Å². The molecule has 0 heterocycles. The maximum Gasteiger partial charge on any atom is 0.136 e. The van der Waals surface area contributed by atoms with E-state index in [1.165, 1.54) is 22.3 Å². The van der Waals surface area contributed by atoms with Crippen LogP contribution in [-0.2, 0) is 0 Å². The fraction of sp³-hybridized carbons (Fsp3) is 0.429. The van der Waals surface area contributed by atoms with Gasteiger partial charge in [0.15, 0.2) is 0 Å². The molecule has 0 fully saturated rings. The molecule has 0 saturated carbocycles. The highest BCUT2D eigenvalue weighted by Gasteiger charge is 2.21. The molecule has 244 valence electrons. The predicted octanol–water partition coefficient (Wildman–Crippen LogP) is 13.9. The molecule has 0 amide bonds. The van der Waals surface area contributed by atoms with Crippen molar-refractivity contribution in [3.63, 3.8) is 0 Å². The fourth-order valence-corrected chi connectivity index (χ4v) is 5.87. The zero-order valence-electron chi connectivity index (χ0n) is 29.6. The summed E-state index contributed by atoms with van der Waals surface area (Å²) in [4.78, 5) is 0. The van der Waals surface area contributed by atoms with Gasteiger partial charge in [-0.2, -0.15) is 0 Å². The van der Waals surface area contributed by atoms with Crippen molar-refractivity contribution in [3.05, 3.63) is 130 Å². The summed E-state index contributed by atoms with van der Waals surface area (Å²) in [5, 5.41) is 0. The van der Waals surface area contributed by atoms with Gasteiger partial charge in [0.2, 0.25) is 0 Å². The summed E-state index contributed by atoms with van der Waals surface area (Å²) in [7, 11) is 0. The lowest BCUT2D eigenvalue weighted by Crippen LogP contribution is -2.03. The van der Waals surface area contributed by atoms with Crippen LogP contribution in [0.5, 0.6) is 0 Å². The van der Waals surface area contributed by atoms with Gasteiger partial charge in [-0.25, -0.2) is 13.2 Å². The summed E-state index contributed by atoms with van der Waals surface area (Å²) < 4.78 is 41.3. The summed E-state index contributed by atoms with van der Waals surface area (Å²) in [5.74, 6) is 0.293. The van der Waals surface area contributed by atoms with Crippen molar-refractivity contribution < 1.29 is 13.2 Å². The molecule has 45 heavy (non-hydrogen) atoms. The van der Waals surface area contributed by atoms with E-state index in [-0.39, 0.29) is 17.4 Å². The maximum atomic E-state index is 14.1. The Morgan fingerprint density at radius 1 is 0.378 bits per heavy atom. The second kappa shape index (κ2) is 17.4. The lowest BCUT2D eigenvalue weighted by atomic mass is 9.84. The van der Waals surface area contributed by atoms with Gasteiger partial charge in [0.25, 0.3) is 0 Å². The van der Waals surface area contributed by atoms with E-state index < -0.39 is 17.5 Å². The Balaban J connectivity index is 0.000000252. The van der Waals surface area contributed by atoms with Gasteiger partial charge in [0, 0.05) is 12.1 Å². The molecule has 0 aromatic heterocycles. The van der Waals surface area contributed by atoms with Crippen molar-refractivity contribution in [1.82, 2.24) is 0 Å². The molecule has 0 saturated heterocycles. The maximum absolute atomic E-state index is 14.1. The van der Waals surface area contributed by atoms with Crippen molar-refractivity contribution in [2.75, 3.05) is 0 Å². The first kappa shape index (κ1) is 37.9. The Bertz CT molecular complexity index is 1360. The van der Waals surface area contributed by atoms with E-state index in [1.54, 1.807) is 12.1 Å². The van der Waals surface area contributed by atoms with Gasteiger partial charge in [-0.05, 0) is 74.5 Å². The monoisotopic (exact) mass is 616 g/mol. The van der Waals surface area contributed by atoms with Crippen LogP contribution in [-0.4, -0.2) is 0 Å². The lowest BCUT2D eigenvalue weighted by Gasteiger charge is -2.21. The highest BCUT2D eigenvalue weighted by molar-refractivity contribution is 5.71. The van der Waals surface area contributed by atoms with Gasteiger partial charge in [-0.15, -0.1) is 0 Å². The minimum Gasteiger partial charge on any atom is -0.207 e. The summed E-state index contributed by atoms with van der Waals surface area (Å²) in [6.45, 7) is 26.1. The average Bonchev–Trinajstić information content (AvgIpc) is 2.97. The molecule has 0 nitrogen and oxygen atoms in total. The van der Waals surface area contributed by atoms with Crippen LogP contribution in [0.1, 0.15) is 152 Å². The molecule has 0 bridgehead atoms. The molecule has 4 aromatic rings. The van der Waals surface area contributed by atoms with Gasteiger partial charge in [-0.3, -0.25) is 0 Å². The summed E-state index contributed by atoms with van der Waals surface area (Å²) >= 11 is 0. The van der Waals surface area contributed by atoms with Gasteiger partial charge in [-0.1, -0.05) is 150 Å². The van der Waals surface area contributed by atoms with Gasteiger partial charge < -0.3 is 0 Å². The molecule has 0 atom stereocenters. The van der Waals surface area contributed by atoms with Gasteiger partial charge >= 0.3 is 0 Å². The van der Waals surface area contributed by atoms with Crippen LogP contribution < -0.4 is 0 Å². The lowest BCUT2D eigenvalue weighted by molar-refractivity contribution is 0.547. The Morgan fingerprint density at radius 3 is 0.978 bits per heavy atom. The van der Waals surface area contributed by atoms with Crippen LogP contribution in [0.3, 0.4) is 0 Å². The normalized spacial score (nSPS) is 11.3. The molecule has 3 heteroatoms. The molecule has 0 aliphatic rings. The largest absolute Gasteiger partial charge is 0.207 e. The zero-order valence-corrected chi connectivity index (χ0v) is 29.6. The molecule has 4 aromatic carbocycles. The Morgan fingerprint density at radius 2 is 0.689 bits per heavy atom. The SMILES string of the molecule is CC(C)c1cccc(-c2c(F)cc(F)cc2F)c1C(C)C.CC(C)c1ccccc1C(C)C.CC(C)c1ccccc1C(C)C. The van der Waals surface area contributed by atoms with Crippen molar-refractivity contribution in [1.29, 1.82) is 0 Å². The summed E-state index contributed by atoms with van der Waals surface area (Å²) in [5.41, 5.74) is 8.30. The number of rotatable bonds is 7. The highest BCUT2D eigenvalue weighted by Crippen LogP contribution is 2.38. The first-order chi connectivity index (χ1) is 21.1. The topological polar surface area (TPSA) is 0 Å². The fourth-order valence-electron chi connectivity index (χ4n) is 5.87.